The SMILES string of the molecule is c1ccc2sc(N[C@H]3C[C@H](n4c(C5CC5)nc5cccnc54)C3)nc2c1. The van der Waals surface area contributed by atoms with Gasteiger partial charge in [0.2, 0.25) is 0 Å². The number of aromatic nitrogens is 4. The topological polar surface area (TPSA) is 55.6 Å². The van der Waals surface area contributed by atoms with Gasteiger partial charge in [-0.05, 0) is 49.9 Å². The third-order valence-electron chi connectivity index (χ3n) is 5.52. The van der Waals surface area contributed by atoms with E-state index in [0.29, 0.717) is 18.0 Å². The summed E-state index contributed by atoms with van der Waals surface area (Å²) in [5.41, 5.74) is 3.17. The molecule has 4 aromatic rings. The summed E-state index contributed by atoms with van der Waals surface area (Å²) >= 11 is 1.74. The molecule has 3 aromatic heterocycles. The summed E-state index contributed by atoms with van der Waals surface area (Å²) < 4.78 is 3.66. The highest BCUT2D eigenvalue weighted by Gasteiger charge is 2.37. The van der Waals surface area contributed by atoms with Crippen LogP contribution in [0.3, 0.4) is 0 Å². The van der Waals surface area contributed by atoms with Crippen LogP contribution in [0.2, 0.25) is 0 Å². The minimum Gasteiger partial charge on any atom is -0.359 e. The summed E-state index contributed by atoms with van der Waals surface area (Å²) in [5, 5.41) is 4.66. The van der Waals surface area contributed by atoms with Gasteiger partial charge in [0, 0.05) is 24.2 Å². The Kier molecular flexibility index (Phi) is 3.11. The predicted octanol–water partition coefficient (Wildman–Crippen LogP) is 4.73. The number of nitrogens with one attached hydrogen (secondary N) is 1. The Balaban J connectivity index is 1.24. The van der Waals surface area contributed by atoms with E-state index in [1.165, 1.54) is 23.4 Å². The Hall–Kier alpha value is -2.47. The molecule has 0 atom stereocenters. The molecule has 2 saturated carbocycles. The molecule has 2 fully saturated rings. The molecule has 0 spiro atoms. The van der Waals surface area contributed by atoms with E-state index in [1.54, 1.807) is 11.3 Å². The smallest absolute Gasteiger partial charge is 0.184 e. The molecule has 2 aliphatic carbocycles. The van der Waals surface area contributed by atoms with Crippen LogP contribution >= 0.6 is 11.3 Å². The number of anilines is 1. The number of pyridine rings is 1. The lowest BCUT2D eigenvalue weighted by Crippen LogP contribution is -2.37. The second-order valence-electron chi connectivity index (χ2n) is 7.41. The average Bonchev–Trinajstić information content (AvgIpc) is 3.28. The van der Waals surface area contributed by atoms with Crippen LogP contribution in [0.15, 0.2) is 42.6 Å². The summed E-state index contributed by atoms with van der Waals surface area (Å²) in [6, 6.07) is 13.4. The van der Waals surface area contributed by atoms with Crippen LogP contribution in [0.25, 0.3) is 21.4 Å². The maximum Gasteiger partial charge on any atom is 0.184 e. The van der Waals surface area contributed by atoms with E-state index >= 15 is 0 Å². The van der Waals surface area contributed by atoms with E-state index in [1.807, 2.05) is 18.3 Å². The number of thiazole rings is 1. The van der Waals surface area contributed by atoms with Gasteiger partial charge in [0.05, 0.1) is 10.2 Å². The van der Waals surface area contributed by atoms with Gasteiger partial charge in [0.15, 0.2) is 10.8 Å². The molecule has 6 rings (SSSR count). The van der Waals surface area contributed by atoms with Crippen LogP contribution in [-0.4, -0.2) is 25.6 Å². The number of rotatable bonds is 4. The van der Waals surface area contributed by atoms with Crippen molar-refractivity contribution in [3.8, 4) is 0 Å². The third kappa shape index (κ3) is 2.32. The van der Waals surface area contributed by atoms with Crippen molar-refractivity contribution in [1.82, 2.24) is 19.5 Å². The monoisotopic (exact) mass is 361 g/mol. The zero-order valence-electron chi connectivity index (χ0n) is 14.3. The van der Waals surface area contributed by atoms with Crippen LogP contribution in [0.1, 0.15) is 43.5 Å². The number of benzene rings is 1. The van der Waals surface area contributed by atoms with E-state index < -0.39 is 0 Å². The molecule has 2 aliphatic rings. The molecular weight excluding hydrogens is 342 g/mol. The van der Waals surface area contributed by atoms with Crippen LogP contribution in [-0.2, 0) is 0 Å². The molecule has 130 valence electrons. The van der Waals surface area contributed by atoms with Gasteiger partial charge in [-0.2, -0.15) is 0 Å². The van der Waals surface area contributed by atoms with Gasteiger partial charge in [-0.1, -0.05) is 23.5 Å². The molecule has 6 heteroatoms. The summed E-state index contributed by atoms with van der Waals surface area (Å²) in [7, 11) is 0. The van der Waals surface area contributed by atoms with Gasteiger partial charge < -0.3 is 9.88 Å². The van der Waals surface area contributed by atoms with E-state index in [0.717, 1.165) is 34.7 Å². The van der Waals surface area contributed by atoms with Crippen LogP contribution in [0, 0.1) is 0 Å². The van der Waals surface area contributed by atoms with Crippen molar-refractivity contribution >= 4 is 37.8 Å². The van der Waals surface area contributed by atoms with Crippen molar-refractivity contribution in [3.63, 3.8) is 0 Å². The standard InChI is InChI=1S/C20H19N5S/c1-2-6-17-15(4-1)24-20(26-17)22-13-10-14(11-13)25-18(12-7-8-12)23-16-5-3-9-21-19(16)25/h1-6,9,12-14H,7-8,10-11H2,(H,22,24)/t13-,14-. The summed E-state index contributed by atoms with van der Waals surface area (Å²) in [4.78, 5) is 14.2. The fourth-order valence-corrected chi connectivity index (χ4v) is 4.90. The zero-order chi connectivity index (χ0) is 17.1. The number of imidazole rings is 1. The molecular formula is C20H19N5S. The van der Waals surface area contributed by atoms with Crippen molar-refractivity contribution in [2.45, 2.75) is 43.7 Å². The molecule has 0 bridgehead atoms. The van der Waals surface area contributed by atoms with Gasteiger partial charge in [-0.25, -0.2) is 15.0 Å². The predicted molar refractivity (Wildman–Crippen MR) is 105 cm³/mol. The first-order valence-corrected chi connectivity index (χ1v) is 10.1. The second-order valence-corrected chi connectivity index (χ2v) is 8.44. The Morgan fingerprint density at radius 1 is 1.00 bits per heavy atom. The normalized spacial score (nSPS) is 22.6. The number of para-hydroxylation sites is 1. The van der Waals surface area contributed by atoms with Crippen molar-refractivity contribution in [3.05, 3.63) is 48.4 Å². The first-order valence-electron chi connectivity index (χ1n) is 9.30. The summed E-state index contributed by atoms with van der Waals surface area (Å²) in [6.45, 7) is 0. The number of hydrogen-bond donors (Lipinski definition) is 1. The van der Waals surface area contributed by atoms with Crippen molar-refractivity contribution < 1.29 is 0 Å². The van der Waals surface area contributed by atoms with Gasteiger partial charge in [-0.3, -0.25) is 0 Å². The van der Waals surface area contributed by atoms with E-state index in [4.69, 9.17) is 9.97 Å². The maximum atomic E-state index is 4.89. The number of fused-ring (bicyclic) bond motifs is 2. The lowest BCUT2D eigenvalue weighted by atomic mass is 9.86. The lowest BCUT2D eigenvalue weighted by Gasteiger charge is -2.37. The quantitative estimate of drug-likeness (QED) is 0.571. The molecule has 0 unspecified atom stereocenters. The molecule has 0 aliphatic heterocycles. The first-order chi connectivity index (χ1) is 12.8. The molecule has 3 heterocycles. The number of hydrogen-bond acceptors (Lipinski definition) is 5. The second kappa shape index (κ2) is 5.51. The van der Waals surface area contributed by atoms with Crippen LogP contribution < -0.4 is 5.32 Å². The highest BCUT2D eigenvalue weighted by molar-refractivity contribution is 7.22. The average molecular weight is 361 g/mol. The van der Waals surface area contributed by atoms with E-state index in [2.05, 4.69) is 39.1 Å². The van der Waals surface area contributed by atoms with Crippen molar-refractivity contribution in [2.75, 3.05) is 5.32 Å². The fourth-order valence-electron chi connectivity index (χ4n) is 3.96. The minimum atomic E-state index is 0.480. The van der Waals surface area contributed by atoms with Crippen LogP contribution in [0.5, 0.6) is 0 Å². The van der Waals surface area contributed by atoms with Gasteiger partial charge in [0.1, 0.15) is 11.3 Å². The Bertz CT molecular complexity index is 1070. The number of nitrogens with zero attached hydrogens (tertiary/aromatic N) is 4. The maximum absolute atomic E-state index is 4.89. The third-order valence-corrected chi connectivity index (χ3v) is 6.49. The van der Waals surface area contributed by atoms with Crippen LogP contribution in [0.4, 0.5) is 5.13 Å². The Morgan fingerprint density at radius 2 is 1.85 bits per heavy atom. The molecule has 26 heavy (non-hydrogen) atoms. The largest absolute Gasteiger partial charge is 0.359 e. The van der Waals surface area contributed by atoms with E-state index in [9.17, 15) is 0 Å². The molecule has 0 saturated heterocycles. The highest BCUT2D eigenvalue weighted by atomic mass is 32.1. The van der Waals surface area contributed by atoms with Gasteiger partial charge in [-0.15, -0.1) is 0 Å². The highest BCUT2D eigenvalue weighted by Crippen LogP contribution is 2.45. The first kappa shape index (κ1) is 14.7. The van der Waals surface area contributed by atoms with Gasteiger partial charge in [0.25, 0.3) is 0 Å². The molecule has 0 amide bonds. The summed E-state index contributed by atoms with van der Waals surface area (Å²) in [5.74, 6) is 1.89. The molecule has 0 radical (unpaired) electrons. The fraction of sp³-hybridized carbons (Fsp3) is 0.350. The zero-order valence-corrected chi connectivity index (χ0v) is 15.1. The lowest BCUT2D eigenvalue weighted by molar-refractivity contribution is 0.281. The summed E-state index contributed by atoms with van der Waals surface area (Å²) in [6.07, 6.45) is 6.63. The Labute approximate surface area is 155 Å². The van der Waals surface area contributed by atoms with Crippen molar-refractivity contribution in [2.24, 2.45) is 0 Å². The van der Waals surface area contributed by atoms with Crippen molar-refractivity contribution in [1.29, 1.82) is 0 Å². The molecule has 1 N–H and O–H groups in total. The minimum absolute atomic E-state index is 0.480. The van der Waals surface area contributed by atoms with E-state index in [-0.39, 0.29) is 0 Å². The molecule has 5 nitrogen and oxygen atoms in total. The molecule has 1 aromatic carbocycles. The van der Waals surface area contributed by atoms with Gasteiger partial charge >= 0.3 is 0 Å². The Morgan fingerprint density at radius 3 is 2.69 bits per heavy atom.